The molecule has 0 aromatic heterocycles. The van der Waals surface area contributed by atoms with Crippen LogP contribution in [0.2, 0.25) is 5.02 Å². The van der Waals surface area contributed by atoms with Crippen LogP contribution >= 0.6 is 11.6 Å². The zero-order chi connectivity index (χ0) is 26.8. The van der Waals surface area contributed by atoms with Crippen LogP contribution in [0, 0.1) is 0 Å². The Labute approximate surface area is 225 Å². The van der Waals surface area contributed by atoms with Crippen LogP contribution in [-0.2, 0) is 22.6 Å². The van der Waals surface area contributed by atoms with Crippen LogP contribution < -0.4 is 10.1 Å². The smallest absolute Gasteiger partial charge is 0.261 e. The number of hydrogen-bond acceptors (Lipinski definition) is 3. The molecule has 2 amide bonds. The first kappa shape index (κ1) is 28.3. The lowest BCUT2D eigenvalue weighted by Crippen LogP contribution is -2.53. The molecule has 6 heteroatoms. The van der Waals surface area contributed by atoms with E-state index in [2.05, 4.69) is 19.2 Å². The van der Waals surface area contributed by atoms with E-state index in [9.17, 15) is 9.59 Å². The maximum absolute atomic E-state index is 13.8. The topological polar surface area (TPSA) is 58.6 Å². The van der Waals surface area contributed by atoms with E-state index in [1.165, 1.54) is 0 Å². The van der Waals surface area contributed by atoms with Gasteiger partial charge in [0.2, 0.25) is 5.91 Å². The number of ether oxygens (including phenoxy) is 1. The summed E-state index contributed by atoms with van der Waals surface area (Å²) in [5.74, 6) is 0.501. The number of halogens is 1. The van der Waals surface area contributed by atoms with Gasteiger partial charge in [0.15, 0.2) is 6.61 Å². The van der Waals surface area contributed by atoms with E-state index in [1.807, 2.05) is 80.6 Å². The van der Waals surface area contributed by atoms with Crippen molar-refractivity contribution in [2.45, 2.75) is 65.1 Å². The molecule has 0 unspecified atom stereocenters. The summed E-state index contributed by atoms with van der Waals surface area (Å²) >= 11 is 6.10. The summed E-state index contributed by atoms with van der Waals surface area (Å²) in [5, 5.41) is 3.70. The first-order valence-corrected chi connectivity index (χ1v) is 13.3. The highest BCUT2D eigenvalue weighted by Crippen LogP contribution is 2.26. The van der Waals surface area contributed by atoms with Crippen molar-refractivity contribution < 1.29 is 14.3 Å². The van der Waals surface area contributed by atoms with Crippen molar-refractivity contribution in [3.8, 4) is 5.75 Å². The number of nitrogens with one attached hydrogen (secondary N) is 1. The number of amides is 2. The number of rotatable bonds is 12. The Morgan fingerprint density at radius 1 is 0.892 bits per heavy atom. The molecular weight excluding hydrogens is 484 g/mol. The van der Waals surface area contributed by atoms with Crippen molar-refractivity contribution in [2.24, 2.45) is 0 Å². The number of hydrogen-bond donors (Lipinski definition) is 1. The molecular formula is C31H37ClN2O3. The molecule has 0 saturated heterocycles. The second-order valence-corrected chi connectivity index (χ2v) is 10.1. The van der Waals surface area contributed by atoms with E-state index < -0.39 is 6.04 Å². The van der Waals surface area contributed by atoms with Crippen molar-refractivity contribution in [1.29, 1.82) is 0 Å². The Bertz CT molecular complexity index is 1150. The van der Waals surface area contributed by atoms with Gasteiger partial charge >= 0.3 is 0 Å². The van der Waals surface area contributed by atoms with Gasteiger partial charge in [-0.2, -0.15) is 0 Å². The molecule has 3 aromatic rings. The van der Waals surface area contributed by atoms with Gasteiger partial charge in [0.1, 0.15) is 11.8 Å². The fraction of sp³-hybridized carbons (Fsp3) is 0.355. The fourth-order valence-corrected chi connectivity index (χ4v) is 4.22. The van der Waals surface area contributed by atoms with Gasteiger partial charge in [-0.25, -0.2) is 0 Å². The average Bonchev–Trinajstić information content (AvgIpc) is 2.90. The van der Waals surface area contributed by atoms with Crippen molar-refractivity contribution in [2.75, 3.05) is 6.61 Å². The molecule has 2 atom stereocenters. The predicted octanol–water partition coefficient (Wildman–Crippen LogP) is 6.40. The molecule has 0 bridgehead atoms. The first-order valence-electron chi connectivity index (χ1n) is 12.9. The van der Waals surface area contributed by atoms with Gasteiger partial charge in [0.25, 0.3) is 5.91 Å². The van der Waals surface area contributed by atoms with Crippen LogP contribution in [0.3, 0.4) is 0 Å². The highest BCUT2D eigenvalue weighted by Gasteiger charge is 2.31. The normalized spacial score (nSPS) is 12.6. The van der Waals surface area contributed by atoms with Crippen LogP contribution in [-0.4, -0.2) is 35.4 Å². The average molecular weight is 521 g/mol. The Kier molecular flexibility index (Phi) is 10.6. The summed E-state index contributed by atoms with van der Waals surface area (Å²) in [4.78, 5) is 28.9. The van der Waals surface area contributed by atoms with Crippen LogP contribution in [0.5, 0.6) is 5.75 Å². The zero-order valence-electron chi connectivity index (χ0n) is 22.1. The van der Waals surface area contributed by atoms with Gasteiger partial charge < -0.3 is 15.0 Å². The van der Waals surface area contributed by atoms with Gasteiger partial charge in [-0.3, -0.25) is 9.59 Å². The predicted molar refractivity (Wildman–Crippen MR) is 150 cm³/mol. The van der Waals surface area contributed by atoms with Crippen LogP contribution in [0.15, 0.2) is 78.9 Å². The van der Waals surface area contributed by atoms with Gasteiger partial charge in [-0.05, 0) is 54.2 Å². The molecule has 3 rings (SSSR count). The molecule has 3 aromatic carbocycles. The van der Waals surface area contributed by atoms with E-state index in [4.69, 9.17) is 16.3 Å². The van der Waals surface area contributed by atoms with Crippen molar-refractivity contribution >= 4 is 23.4 Å². The van der Waals surface area contributed by atoms with E-state index in [0.29, 0.717) is 17.2 Å². The maximum Gasteiger partial charge on any atom is 0.261 e. The minimum atomic E-state index is -0.705. The summed E-state index contributed by atoms with van der Waals surface area (Å²) in [6.45, 7) is 8.26. The number of nitrogens with zero attached hydrogens (tertiary/aromatic N) is 1. The minimum Gasteiger partial charge on any atom is -0.483 e. The number of carbonyl (C=O) groups excluding carboxylic acids is 2. The third-order valence-electron chi connectivity index (χ3n) is 6.43. The summed E-state index contributed by atoms with van der Waals surface area (Å²) in [6.07, 6.45) is 1.19. The molecule has 0 fully saturated rings. The van der Waals surface area contributed by atoms with E-state index in [0.717, 1.165) is 23.1 Å². The van der Waals surface area contributed by atoms with Gasteiger partial charge in [0.05, 0.1) is 0 Å². The molecule has 0 saturated carbocycles. The summed E-state index contributed by atoms with van der Waals surface area (Å²) in [5.41, 5.74) is 2.90. The molecule has 1 N–H and O–H groups in total. The molecule has 0 aliphatic carbocycles. The second kappa shape index (κ2) is 13.8. The zero-order valence-corrected chi connectivity index (χ0v) is 22.9. The molecule has 0 aliphatic rings. The summed E-state index contributed by atoms with van der Waals surface area (Å²) in [6, 6.07) is 24.1. The Morgan fingerprint density at radius 2 is 1.54 bits per heavy atom. The van der Waals surface area contributed by atoms with Gasteiger partial charge in [-0.1, -0.05) is 93.0 Å². The van der Waals surface area contributed by atoms with E-state index in [1.54, 1.807) is 17.0 Å². The Morgan fingerprint density at radius 3 is 2.19 bits per heavy atom. The fourth-order valence-electron chi connectivity index (χ4n) is 4.09. The Balaban J connectivity index is 1.93. The quantitative estimate of drug-likeness (QED) is 0.301. The van der Waals surface area contributed by atoms with Crippen molar-refractivity contribution in [3.63, 3.8) is 0 Å². The number of carbonyl (C=O) groups is 2. The lowest BCUT2D eigenvalue weighted by atomic mass is 10.0. The third-order valence-corrected chi connectivity index (χ3v) is 6.68. The molecule has 0 heterocycles. The SMILES string of the molecule is CC[C@H](C)NC(=O)[C@@H](Cc1ccccc1)N(Cc1ccc(Cl)cc1)C(=O)COc1ccccc1C(C)C. The van der Waals surface area contributed by atoms with Crippen molar-refractivity contribution in [1.82, 2.24) is 10.2 Å². The van der Waals surface area contributed by atoms with E-state index >= 15 is 0 Å². The monoisotopic (exact) mass is 520 g/mol. The van der Waals surface area contributed by atoms with Crippen LogP contribution in [0.25, 0.3) is 0 Å². The number of benzene rings is 3. The van der Waals surface area contributed by atoms with Crippen LogP contribution in [0.1, 0.15) is 56.7 Å². The second-order valence-electron chi connectivity index (χ2n) is 9.65. The lowest BCUT2D eigenvalue weighted by Gasteiger charge is -2.32. The standard InChI is InChI=1S/C31H37ClN2O3/c1-5-23(4)33-31(36)28(19-24-11-7-6-8-12-24)34(20-25-15-17-26(32)18-16-25)30(35)21-37-29-14-10-9-13-27(29)22(2)3/h6-18,22-23,28H,5,19-21H2,1-4H3,(H,33,36)/t23-,28+/m0/s1. The molecule has 5 nitrogen and oxygen atoms in total. The third kappa shape index (κ3) is 8.36. The molecule has 0 aliphatic heterocycles. The van der Waals surface area contributed by atoms with Crippen LogP contribution in [0.4, 0.5) is 0 Å². The lowest BCUT2D eigenvalue weighted by molar-refractivity contribution is -0.143. The Hall–Kier alpha value is -3.31. The molecule has 37 heavy (non-hydrogen) atoms. The molecule has 196 valence electrons. The maximum atomic E-state index is 13.8. The van der Waals surface area contributed by atoms with Crippen molar-refractivity contribution in [3.05, 3.63) is 101 Å². The largest absolute Gasteiger partial charge is 0.483 e. The first-order chi connectivity index (χ1) is 17.8. The van der Waals surface area contributed by atoms with Gasteiger partial charge in [0, 0.05) is 24.0 Å². The van der Waals surface area contributed by atoms with Gasteiger partial charge in [-0.15, -0.1) is 0 Å². The highest BCUT2D eigenvalue weighted by molar-refractivity contribution is 6.30. The minimum absolute atomic E-state index is 0.00701. The highest BCUT2D eigenvalue weighted by atomic mass is 35.5. The summed E-state index contributed by atoms with van der Waals surface area (Å²) in [7, 11) is 0. The van der Waals surface area contributed by atoms with E-state index in [-0.39, 0.29) is 36.9 Å². The molecule has 0 radical (unpaired) electrons. The molecule has 0 spiro atoms. The summed E-state index contributed by atoms with van der Waals surface area (Å²) < 4.78 is 6.04. The number of para-hydroxylation sites is 1.